The Morgan fingerprint density at radius 2 is 2.17 bits per heavy atom. The molecular weight excluding hydrogens is 242 g/mol. The fourth-order valence-electron chi connectivity index (χ4n) is 3.68. The first-order valence-electron chi connectivity index (χ1n) is 7.18. The van der Waals surface area contributed by atoms with Gasteiger partial charge < -0.3 is 5.32 Å². The lowest BCUT2D eigenvalue weighted by atomic mass is 9.81. The van der Waals surface area contributed by atoms with Crippen LogP contribution >= 0.6 is 11.3 Å². The van der Waals surface area contributed by atoms with Crippen LogP contribution in [0, 0.1) is 0 Å². The van der Waals surface area contributed by atoms with Crippen molar-refractivity contribution in [3.05, 3.63) is 16.6 Å². The molecule has 0 saturated carbocycles. The molecule has 0 amide bonds. The molecule has 0 radical (unpaired) electrons. The van der Waals surface area contributed by atoms with Crippen molar-refractivity contribution in [2.45, 2.75) is 56.7 Å². The first kappa shape index (κ1) is 12.6. The Morgan fingerprint density at radius 3 is 2.78 bits per heavy atom. The van der Waals surface area contributed by atoms with Gasteiger partial charge in [0, 0.05) is 42.7 Å². The van der Waals surface area contributed by atoms with Crippen LogP contribution in [-0.4, -0.2) is 41.6 Å². The number of nitrogens with zero attached hydrogens (tertiary/aromatic N) is 2. The van der Waals surface area contributed by atoms with Crippen molar-refractivity contribution in [2.75, 3.05) is 13.6 Å². The molecule has 100 valence electrons. The minimum absolute atomic E-state index is 0.747. The zero-order chi connectivity index (χ0) is 12.4. The summed E-state index contributed by atoms with van der Waals surface area (Å²) in [5.41, 5.74) is 0. The van der Waals surface area contributed by atoms with Crippen LogP contribution in [0.2, 0.25) is 0 Å². The molecule has 2 bridgehead atoms. The monoisotopic (exact) mass is 265 g/mol. The summed E-state index contributed by atoms with van der Waals surface area (Å²) in [6, 6.07) is 2.38. The van der Waals surface area contributed by atoms with E-state index in [9.17, 15) is 0 Å². The van der Waals surface area contributed by atoms with Crippen LogP contribution in [0.1, 0.15) is 37.1 Å². The number of nitrogens with one attached hydrogen (secondary N) is 1. The van der Waals surface area contributed by atoms with E-state index >= 15 is 0 Å². The Balaban J connectivity index is 1.61. The minimum Gasteiger partial charge on any atom is -0.317 e. The van der Waals surface area contributed by atoms with Gasteiger partial charge in [-0.1, -0.05) is 6.42 Å². The summed E-state index contributed by atoms with van der Waals surface area (Å²) in [6.07, 6.45) is 9.96. The van der Waals surface area contributed by atoms with Crippen molar-refractivity contribution >= 4 is 11.3 Å². The maximum atomic E-state index is 4.41. The highest BCUT2D eigenvalue weighted by Crippen LogP contribution is 2.34. The molecule has 1 N–H and O–H groups in total. The van der Waals surface area contributed by atoms with Crippen molar-refractivity contribution in [1.29, 1.82) is 0 Å². The molecule has 3 rings (SSSR count). The van der Waals surface area contributed by atoms with Crippen LogP contribution in [0.5, 0.6) is 0 Å². The maximum absolute atomic E-state index is 4.41. The Kier molecular flexibility index (Phi) is 3.97. The summed E-state index contributed by atoms with van der Waals surface area (Å²) in [4.78, 5) is 7.18. The summed E-state index contributed by atoms with van der Waals surface area (Å²) in [6.45, 7) is 1.21. The van der Waals surface area contributed by atoms with Gasteiger partial charge in [0.25, 0.3) is 0 Å². The van der Waals surface area contributed by atoms with Crippen LogP contribution in [0.4, 0.5) is 0 Å². The highest BCUT2D eigenvalue weighted by molar-refractivity contribution is 7.09. The number of hydrogen-bond donors (Lipinski definition) is 1. The predicted molar refractivity (Wildman–Crippen MR) is 76.0 cm³/mol. The molecule has 0 spiro atoms. The first-order valence-corrected chi connectivity index (χ1v) is 8.06. The smallest absolute Gasteiger partial charge is 0.0937 e. The lowest BCUT2D eigenvalue weighted by Crippen LogP contribution is -2.56. The normalized spacial score (nSPS) is 32.6. The third-order valence-corrected chi connectivity index (χ3v) is 5.44. The molecule has 0 aliphatic carbocycles. The Hall–Kier alpha value is -0.450. The molecule has 0 aromatic carbocycles. The SMILES string of the molecule is CNC1CC2CCCC(C1)N2CCc1nccs1. The van der Waals surface area contributed by atoms with Gasteiger partial charge in [0.15, 0.2) is 0 Å². The number of rotatable bonds is 4. The van der Waals surface area contributed by atoms with Gasteiger partial charge in [-0.25, -0.2) is 4.98 Å². The molecular formula is C14H23N3S. The second-order valence-electron chi connectivity index (χ2n) is 5.61. The van der Waals surface area contributed by atoms with E-state index in [2.05, 4.69) is 27.6 Å². The number of thiazole rings is 1. The van der Waals surface area contributed by atoms with Crippen LogP contribution in [0.3, 0.4) is 0 Å². The van der Waals surface area contributed by atoms with E-state index in [0.717, 1.165) is 24.5 Å². The number of fused-ring (bicyclic) bond motifs is 2. The third-order valence-electron chi connectivity index (χ3n) is 4.60. The predicted octanol–water partition coefficient (Wildman–Crippen LogP) is 2.29. The van der Waals surface area contributed by atoms with Gasteiger partial charge in [0.1, 0.15) is 0 Å². The fraction of sp³-hybridized carbons (Fsp3) is 0.786. The minimum atomic E-state index is 0.747. The van der Waals surface area contributed by atoms with Crippen LogP contribution in [0.25, 0.3) is 0 Å². The molecule has 2 fully saturated rings. The average Bonchev–Trinajstić information content (AvgIpc) is 2.88. The number of aromatic nitrogens is 1. The Bertz CT molecular complexity index is 351. The van der Waals surface area contributed by atoms with Gasteiger partial charge in [0.05, 0.1) is 5.01 Å². The van der Waals surface area contributed by atoms with Crippen molar-refractivity contribution in [3.8, 4) is 0 Å². The molecule has 1 aromatic rings. The van der Waals surface area contributed by atoms with E-state index < -0.39 is 0 Å². The van der Waals surface area contributed by atoms with E-state index in [1.54, 1.807) is 11.3 Å². The van der Waals surface area contributed by atoms with Crippen molar-refractivity contribution in [1.82, 2.24) is 15.2 Å². The van der Waals surface area contributed by atoms with Gasteiger partial charge >= 0.3 is 0 Å². The molecule has 1 aromatic heterocycles. The van der Waals surface area contributed by atoms with Crippen molar-refractivity contribution in [3.63, 3.8) is 0 Å². The molecule has 4 heteroatoms. The second kappa shape index (κ2) is 5.68. The molecule has 2 unspecified atom stereocenters. The van der Waals surface area contributed by atoms with Gasteiger partial charge in [-0.15, -0.1) is 11.3 Å². The number of hydrogen-bond acceptors (Lipinski definition) is 4. The highest BCUT2D eigenvalue weighted by Gasteiger charge is 2.37. The second-order valence-corrected chi connectivity index (χ2v) is 6.59. The summed E-state index contributed by atoms with van der Waals surface area (Å²) < 4.78 is 0. The van der Waals surface area contributed by atoms with E-state index in [1.807, 2.05) is 6.20 Å². The fourth-order valence-corrected chi connectivity index (χ4v) is 4.29. The van der Waals surface area contributed by atoms with E-state index in [4.69, 9.17) is 0 Å². The quantitative estimate of drug-likeness (QED) is 0.905. The molecule has 18 heavy (non-hydrogen) atoms. The maximum Gasteiger partial charge on any atom is 0.0937 e. The van der Waals surface area contributed by atoms with Gasteiger partial charge in [-0.2, -0.15) is 0 Å². The zero-order valence-electron chi connectivity index (χ0n) is 11.1. The average molecular weight is 265 g/mol. The van der Waals surface area contributed by atoms with E-state index in [0.29, 0.717) is 0 Å². The molecule has 2 aliphatic heterocycles. The van der Waals surface area contributed by atoms with E-state index in [-0.39, 0.29) is 0 Å². The molecule has 2 atom stereocenters. The molecule has 3 nitrogen and oxygen atoms in total. The van der Waals surface area contributed by atoms with Gasteiger partial charge in [0.2, 0.25) is 0 Å². The first-order chi connectivity index (χ1) is 8.86. The van der Waals surface area contributed by atoms with Gasteiger partial charge in [-0.3, -0.25) is 4.90 Å². The highest BCUT2D eigenvalue weighted by atomic mass is 32.1. The third kappa shape index (κ3) is 2.60. The Morgan fingerprint density at radius 1 is 1.39 bits per heavy atom. The standard InChI is InChI=1S/C14H23N3S/c1-15-11-9-12-3-2-4-13(10-11)17(12)7-5-14-16-6-8-18-14/h6,8,11-13,15H,2-5,7,9-10H2,1H3. The lowest BCUT2D eigenvalue weighted by molar-refractivity contribution is 0.0270. The summed E-state index contributed by atoms with van der Waals surface area (Å²) in [5, 5.41) is 6.87. The Labute approximate surface area is 114 Å². The summed E-state index contributed by atoms with van der Waals surface area (Å²) in [7, 11) is 2.12. The van der Waals surface area contributed by atoms with Crippen molar-refractivity contribution < 1.29 is 0 Å². The van der Waals surface area contributed by atoms with Crippen LogP contribution < -0.4 is 5.32 Å². The van der Waals surface area contributed by atoms with E-state index in [1.165, 1.54) is 43.7 Å². The van der Waals surface area contributed by atoms with Crippen LogP contribution in [-0.2, 0) is 6.42 Å². The molecule has 2 aliphatic rings. The largest absolute Gasteiger partial charge is 0.317 e. The van der Waals surface area contributed by atoms with Crippen molar-refractivity contribution in [2.24, 2.45) is 0 Å². The van der Waals surface area contributed by atoms with Crippen LogP contribution in [0.15, 0.2) is 11.6 Å². The molecule has 3 heterocycles. The molecule has 2 saturated heterocycles. The summed E-state index contributed by atoms with van der Waals surface area (Å²) in [5.74, 6) is 0. The van der Waals surface area contributed by atoms with Gasteiger partial charge in [-0.05, 0) is 32.7 Å². The topological polar surface area (TPSA) is 28.2 Å². The number of piperidine rings is 2. The zero-order valence-corrected chi connectivity index (χ0v) is 12.0. The summed E-state index contributed by atoms with van der Waals surface area (Å²) >= 11 is 1.79. The lowest BCUT2D eigenvalue weighted by Gasteiger charge is -2.49.